The third-order valence-corrected chi connectivity index (χ3v) is 5.60. The van der Waals surface area contributed by atoms with Crippen molar-refractivity contribution in [1.29, 1.82) is 0 Å². The zero-order valence-corrected chi connectivity index (χ0v) is 17.5. The maximum absolute atomic E-state index is 12.9. The number of benzene rings is 2. The quantitative estimate of drug-likeness (QED) is 0.534. The summed E-state index contributed by atoms with van der Waals surface area (Å²) in [5.74, 6) is 0.0996. The highest BCUT2D eigenvalue weighted by molar-refractivity contribution is 6.30. The fourth-order valence-electron chi connectivity index (χ4n) is 3.81. The van der Waals surface area contributed by atoms with Gasteiger partial charge in [-0.05, 0) is 62.1 Å². The van der Waals surface area contributed by atoms with Crippen molar-refractivity contribution in [3.8, 4) is 5.69 Å². The second-order valence-corrected chi connectivity index (χ2v) is 7.87. The van der Waals surface area contributed by atoms with Gasteiger partial charge in [-0.3, -0.25) is 4.79 Å². The van der Waals surface area contributed by atoms with E-state index in [-0.39, 0.29) is 5.91 Å². The van der Waals surface area contributed by atoms with Crippen LogP contribution in [0.15, 0.2) is 48.5 Å². The van der Waals surface area contributed by atoms with Crippen LogP contribution in [0.2, 0.25) is 5.02 Å². The molecule has 0 saturated carbocycles. The molecule has 29 heavy (non-hydrogen) atoms. The van der Waals surface area contributed by atoms with E-state index in [2.05, 4.69) is 29.4 Å². The number of aryl methyl sites for hydroxylation is 1. The summed E-state index contributed by atoms with van der Waals surface area (Å²) in [7, 11) is 0. The van der Waals surface area contributed by atoms with Crippen molar-refractivity contribution in [3.63, 3.8) is 0 Å². The van der Waals surface area contributed by atoms with Gasteiger partial charge in [0.25, 0.3) is 5.91 Å². The molecule has 1 amide bonds. The highest BCUT2D eigenvalue weighted by Gasteiger charge is 2.26. The average Bonchev–Trinajstić information content (AvgIpc) is 3.36. The monoisotopic (exact) mass is 405 g/mol. The first-order valence-corrected chi connectivity index (χ1v) is 10.3. The van der Waals surface area contributed by atoms with Gasteiger partial charge in [-0.15, -0.1) is 0 Å². The molecule has 148 valence electrons. The van der Waals surface area contributed by atoms with Gasteiger partial charge in [0, 0.05) is 18.1 Å². The Morgan fingerprint density at radius 2 is 1.69 bits per heavy atom. The summed E-state index contributed by atoms with van der Waals surface area (Å²) in [6.07, 6.45) is 6.29. The fourth-order valence-corrected chi connectivity index (χ4v) is 3.93. The largest absolute Gasteiger partial charge is 0.339 e. The minimum atomic E-state index is 0.0996. The molecule has 0 bridgehead atoms. The SMILES string of the molecule is Cc1nn(-c2cccc(/C=C/c3ccc(Cl)cc3)c2)c(C)c1C(=O)N1CCCC1. The lowest BCUT2D eigenvalue weighted by Gasteiger charge is -2.15. The van der Waals surface area contributed by atoms with Crippen LogP contribution in [0.3, 0.4) is 0 Å². The van der Waals surface area contributed by atoms with Crippen LogP contribution in [0.4, 0.5) is 0 Å². The Morgan fingerprint density at radius 1 is 1.00 bits per heavy atom. The molecule has 1 saturated heterocycles. The molecule has 1 fully saturated rings. The molecule has 0 aliphatic carbocycles. The van der Waals surface area contributed by atoms with Crippen LogP contribution in [0.25, 0.3) is 17.8 Å². The first-order chi connectivity index (χ1) is 14.0. The van der Waals surface area contributed by atoms with Gasteiger partial charge in [0.2, 0.25) is 0 Å². The van der Waals surface area contributed by atoms with Crippen molar-refractivity contribution in [3.05, 3.63) is 81.6 Å². The van der Waals surface area contributed by atoms with Crippen LogP contribution >= 0.6 is 11.6 Å². The molecule has 0 unspecified atom stereocenters. The summed E-state index contributed by atoms with van der Waals surface area (Å²) in [4.78, 5) is 14.9. The second-order valence-electron chi connectivity index (χ2n) is 7.44. The Bertz CT molecular complexity index is 1060. The number of hydrogen-bond donors (Lipinski definition) is 0. The molecule has 0 spiro atoms. The van der Waals surface area contributed by atoms with E-state index in [0.717, 1.165) is 64.7 Å². The first-order valence-electron chi connectivity index (χ1n) is 9.92. The molecule has 4 nitrogen and oxygen atoms in total. The van der Waals surface area contributed by atoms with E-state index in [4.69, 9.17) is 11.6 Å². The lowest BCUT2D eigenvalue weighted by molar-refractivity contribution is 0.0791. The molecule has 0 N–H and O–H groups in total. The smallest absolute Gasteiger partial charge is 0.257 e. The minimum Gasteiger partial charge on any atom is -0.339 e. The predicted molar refractivity (Wildman–Crippen MR) is 119 cm³/mol. The third kappa shape index (κ3) is 4.13. The molecule has 5 heteroatoms. The molecular formula is C24H24ClN3O. The molecule has 3 aromatic rings. The number of aromatic nitrogens is 2. The fraction of sp³-hybridized carbons (Fsp3) is 0.250. The van der Waals surface area contributed by atoms with Crippen LogP contribution in [0, 0.1) is 13.8 Å². The van der Waals surface area contributed by atoms with Crippen LogP contribution in [-0.4, -0.2) is 33.7 Å². The Labute approximate surface area is 176 Å². The predicted octanol–water partition coefficient (Wildman–Crippen LogP) is 5.55. The van der Waals surface area contributed by atoms with E-state index in [1.165, 1.54) is 0 Å². The summed E-state index contributed by atoms with van der Waals surface area (Å²) in [6, 6.07) is 15.9. The molecule has 1 aliphatic heterocycles. The van der Waals surface area contributed by atoms with Gasteiger partial charge in [-0.1, -0.05) is 48.0 Å². The van der Waals surface area contributed by atoms with E-state index in [1.807, 2.05) is 59.8 Å². The van der Waals surface area contributed by atoms with Crippen LogP contribution < -0.4 is 0 Å². The number of nitrogens with zero attached hydrogens (tertiary/aromatic N) is 3. The number of hydrogen-bond acceptors (Lipinski definition) is 2. The summed E-state index contributed by atoms with van der Waals surface area (Å²) in [5, 5.41) is 5.40. The summed E-state index contributed by atoms with van der Waals surface area (Å²) >= 11 is 5.95. The molecular weight excluding hydrogens is 382 g/mol. The lowest BCUT2D eigenvalue weighted by atomic mass is 10.1. The van der Waals surface area contributed by atoms with Crippen molar-refractivity contribution in [2.75, 3.05) is 13.1 Å². The lowest BCUT2D eigenvalue weighted by Crippen LogP contribution is -2.28. The van der Waals surface area contributed by atoms with Crippen molar-refractivity contribution < 1.29 is 4.79 Å². The maximum atomic E-state index is 12.9. The number of amides is 1. The molecule has 2 aromatic carbocycles. The Hall–Kier alpha value is -2.85. The Kier molecular flexibility index (Phi) is 5.54. The summed E-state index contributed by atoms with van der Waals surface area (Å²) < 4.78 is 1.87. The molecule has 1 aromatic heterocycles. The average molecular weight is 406 g/mol. The van der Waals surface area contributed by atoms with Gasteiger partial charge in [-0.25, -0.2) is 4.68 Å². The van der Waals surface area contributed by atoms with Gasteiger partial charge in [-0.2, -0.15) is 5.10 Å². The Balaban J connectivity index is 1.62. The molecule has 2 heterocycles. The highest BCUT2D eigenvalue weighted by atomic mass is 35.5. The molecule has 1 aliphatic rings. The first kappa shape index (κ1) is 19.5. The molecule has 0 radical (unpaired) electrons. The van der Waals surface area contributed by atoms with Gasteiger partial charge in [0.15, 0.2) is 0 Å². The molecule has 0 atom stereocenters. The Morgan fingerprint density at radius 3 is 2.41 bits per heavy atom. The van der Waals surface area contributed by atoms with Crippen molar-refractivity contribution in [2.24, 2.45) is 0 Å². The van der Waals surface area contributed by atoms with E-state index in [0.29, 0.717) is 0 Å². The summed E-state index contributed by atoms with van der Waals surface area (Å²) in [6.45, 7) is 5.57. The van der Waals surface area contributed by atoms with E-state index in [9.17, 15) is 4.79 Å². The van der Waals surface area contributed by atoms with E-state index >= 15 is 0 Å². The van der Waals surface area contributed by atoms with Crippen molar-refractivity contribution >= 4 is 29.7 Å². The second kappa shape index (κ2) is 8.26. The standard InChI is InChI=1S/C24H24ClN3O/c1-17-23(24(29)27-14-3-4-15-27)18(2)28(26-17)22-7-5-6-20(16-22)9-8-19-10-12-21(25)13-11-19/h5-13,16H,3-4,14-15H2,1-2H3/b9-8+. The van der Waals surface area contributed by atoms with Crippen molar-refractivity contribution in [1.82, 2.24) is 14.7 Å². The van der Waals surface area contributed by atoms with Gasteiger partial charge in [0.05, 0.1) is 22.6 Å². The highest BCUT2D eigenvalue weighted by Crippen LogP contribution is 2.23. The van der Waals surface area contributed by atoms with Gasteiger partial charge in [0.1, 0.15) is 0 Å². The number of likely N-dealkylation sites (tertiary alicyclic amines) is 1. The number of carbonyl (C=O) groups is 1. The van der Waals surface area contributed by atoms with E-state index < -0.39 is 0 Å². The van der Waals surface area contributed by atoms with Gasteiger partial charge >= 0.3 is 0 Å². The van der Waals surface area contributed by atoms with Crippen LogP contribution in [0.1, 0.15) is 45.7 Å². The third-order valence-electron chi connectivity index (χ3n) is 5.35. The van der Waals surface area contributed by atoms with E-state index in [1.54, 1.807) is 0 Å². The summed E-state index contributed by atoms with van der Waals surface area (Å²) in [5.41, 5.74) is 5.50. The minimum absolute atomic E-state index is 0.0996. The zero-order valence-electron chi connectivity index (χ0n) is 16.7. The number of halogens is 1. The van der Waals surface area contributed by atoms with Crippen LogP contribution in [-0.2, 0) is 0 Å². The number of rotatable bonds is 4. The molecule has 4 rings (SSSR count). The normalized spacial score (nSPS) is 14.1. The van der Waals surface area contributed by atoms with Crippen LogP contribution in [0.5, 0.6) is 0 Å². The number of carbonyl (C=O) groups excluding carboxylic acids is 1. The topological polar surface area (TPSA) is 38.1 Å². The zero-order chi connectivity index (χ0) is 20.4. The maximum Gasteiger partial charge on any atom is 0.257 e. The van der Waals surface area contributed by atoms with Gasteiger partial charge < -0.3 is 4.90 Å². The van der Waals surface area contributed by atoms with Crippen molar-refractivity contribution in [2.45, 2.75) is 26.7 Å².